The Morgan fingerprint density at radius 3 is 2.79 bits per heavy atom. The zero-order valence-corrected chi connectivity index (χ0v) is 12.6. The average molecular weight is 315 g/mol. The van der Waals surface area contributed by atoms with E-state index in [2.05, 4.69) is 10.3 Å². The van der Waals surface area contributed by atoms with E-state index in [0.29, 0.717) is 22.2 Å². The van der Waals surface area contributed by atoms with Crippen LogP contribution in [-0.2, 0) is 6.42 Å². The molecule has 1 heterocycles. The molecule has 0 aliphatic rings. The third-order valence-electron chi connectivity index (χ3n) is 2.51. The van der Waals surface area contributed by atoms with Crippen molar-refractivity contribution < 1.29 is 4.79 Å². The molecule has 1 aromatic carbocycles. The van der Waals surface area contributed by atoms with Crippen LogP contribution in [0.25, 0.3) is 0 Å². The maximum atomic E-state index is 11.9. The molecule has 3 nitrogen and oxygen atoms in total. The van der Waals surface area contributed by atoms with Crippen molar-refractivity contribution in [1.82, 2.24) is 10.3 Å². The lowest BCUT2D eigenvalue weighted by molar-refractivity contribution is 0.0954. The topological polar surface area (TPSA) is 42.0 Å². The number of thiazole rings is 1. The Labute approximate surface area is 125 Å². The Morgan fingerprint density at radius 2 is 2.16 bits per heavy atom. The van der Waals surface area contributed by atoms with Crippen LogP contribution in [0.15, 0.2) is 24.4 Å². The Balaban J connectivity index is 1.89. The molecule has 0 atom stereocenters. The molecule has 0 aliphatic carbocycles. The van der Waals surface area contributed by atoms with Crippen LogP contribution in [0.1, 0.15) is 20.2 Å². The molecule has 1 amide bonds. The second-order valence-corrected chi connectivity index (χ2v) is 6.11. The van der Waals surface area contributed by atoms with E-state index in [0.717, 1.165) is 16.3 Å². The molecular formula is C13H12Cl2N2OS. The molecule has 0 fully saturated rings. The number of benzene rings is 1. The largest absolute Gasteiger partial charge is 0.352 e. The monoisotopic (exact) mass is 314 g/mol. The highest BCUT2D eigenvalue weighted by molar-refractivity contribution is 7.11. The van der Waals surface area contributed by atoms with Crippen molar-refractivity contribution >= 4 is 40.4 Å². The first-order valence-corrected chi connectivity index (χ1v) is 7.28. The van der Waals surface area contributed by atoms with Crippen molar-refractivity contribution in [1.29, 1.82) is 0 Å². The van der Waals surface area contributed by atoms with Crippen LogP contribution in [0, 0.1) is 6.92 Å². The standard InChI is InChI=1S/C13H12Cl2N2OS/c1-8-17-7-10(19-8)4-5-16-13(18)9-2-3-11(14)12(15)6-9/h2-3,6-7H,4-5H2,1H3,(H,16,18). The van der Waals surface area contributed by atoms with Gasteiger partial charge in [0.2, 0.25) is 0 Å². The van der Waals surface area contributed by atoms with Gasteiger partial charge in [-0.2, -0.15) is 0 Å². The van der Waals surface area contributed by atoms with Gasteiger partial charge < -0.3 is 5.32 Å². The van der Waals surface area contributed by atoms with Gasteiger partial charge in [0.15, 0.2) is 0 Å². The molecule has 0 radical (unpaired) electrons. The number of nitrogens with one attached hydrogen (secondary N) is 1. The summed E-state index contributed by atoms with van der Waals surface area (Å²) in [4.78, 5) is 17.2. The molecule has 19 heavy (non-hydrogen) atoms. The van der Waals surface area contributed by atoms with E-state index < -0.39 is 0 Å². The van der Waals surface area contributed by atoms with Gasteiger partial charge in [-0.25, -0.2) is 4.98 Å². The Hall–Kier alpha value is -1.10. The molecule has 2 aromatic rings. The minimum atomic E-state index is -0.153. The summed E-state index contributed by atoms with van der Waals surface area (Å²) in [5, 5.41) is 4.70. The highest BCUT2D eigenvalue weighted by Crippen LogP contribution is 2.22. The summed E-state index contributed by atoms with van der Waals surface area (Å²) in [7, 11) is 0. The minimum Gasteiger partial charge on any atom is -0.352 e. The van der Waals surface area contributed by atoms with E-state index in [1.165, 1.54) is 0 Å². The lowest BCUT2D eigenvalue weighted by atomic mass is 10.2. The second kappa shape index (κ2) is 6.37. The lowest BCUT2D eigenvalue weighted by Crippen LogP contribution is -2.25. The van der Waals surface area contributed by atoms with Gasteiger partial charge in [0.05, 0.1) is 15.1 Å². The van der Waals surface area contributed by atoms with Crippen molar-refractivity contribution in [3.05, 3.63) is 49.9 Å². The first kappa shape index (κ1) is 14.3. The van der Waals surface area contributed by atoms with Crippen molar-refractivity contribution in [3.63, 3.8) is 0 Å². The number of carbonyl (C=O) groups is 1. The summed E-state index contributed by atoms with van der Waals surface area (Å²) < 4.78 is 0. The molecule has 0 aliphatic heterocycles. The van der Waals surface area contributed by atoms with Crippen LogP contribution in [-0.4, -0.2) is 17.4 Å². The molecule has 1 aromatic heterocycles. The molecule has 0 saturated heterocycles. The first-order chi connectivity index (χ1) is 9.06. The number of amides is 1. The molecule has 0 unspecified atom stereocenters. The van der Waals surface area contributed by atoms with Crippen LogP contribution >= 0.6 is 34.5 Å². The Kier molecular flexibility index (Phi) is 4.80. The van der Waals surface area contributed by atoms with Crippen molar-refractivity contribution in [3.8, 4) is 0 Å². The SMILES string of the molecule is Cc1ncc(CCNC(=O)c2ccc(Cl)c(Cl)c2)s1. The lowest BCUT2D eigenvalue weighted by Gasteiger charge is -2.05. The van der Waals surface area contributed by atoms with Gasteiger partial charge in [0, 0.05) is 29.6 Å². The van der Waals surface area contributed by atoms with Gasteiger partial charge in [-0.1, -0.05) is 23.2 Å². The maximum absolute atomic E-state index is 11.9. The number of hydrogen-bond donors (Lipinski definition) is 1. The molecule has 2 rings (SSSR count). The van der Waals surface area contributed by atoms with Crippen molar-refractivity contribution in [2.24, 2.45) is 0 Å². The first-order valence-electron chi connectivity index (χ1n) is 5.71. The Morgan fingerprint density at radius 1 is 1.37 bits per heavy atom. The summed E-state index contributed by atoms with van der Waals surface area (Å²) in [6.07, 6.45) is 2.61. The molecule has 100 valence electrons. The number of carbonyl (C=O) groups excluding carboxylic acids is 1. The number of rotatable bonds is 4. The van der Waals surface area contributed by atoms with Gasteiger partial charge in [0.1, 0.15) is 0 Å². The average Bonchev–Trinajstić information content (AvgIpc) is 2.78. The summed E-state index contributed by atoms with van der Waals surface area (Å²) in [5.74, 6) is -0.153. The number of nitrogens with zero attached hydrogens (tertiary/aromatic N) is 1. The van der Waals surface area contributed by atoms with Crippen molar-refractivity contribution in [2.45, 2.75) is 13.3 Å². The van der Waals surface area contributed by atoms with Gasteiger partial charge in [-0.15, -0.1) is 11.3 Å². The molecule has 6 heteroatoms. The van der Waals surface area contributed by atoms with E-state index in [1.54, 1.807) is 29.5 Å². The highest BCUT2D eigenvalue weighted by atomic mass is 35.5. The smallest absolute Gasteiger partial charge is 0.251 e. The van der Waals surface area contributed by atoms with Crippen LogP contribution in [0.5, 0.6) is 0 Å². The zero-order valence-electron chi connectivity index (χ0n) is 10.2. The minimum absolute atomic E-state index is 0.153. The quantitative estimate of drug-likeness (QED) is 0.934. The number of aryl methyl sites for hydroxylation is 1. The molecule has 0 spiro atoms. The van der Waals surface area contributed by atoms with Gasteiger partial charge in [-0.05, 0) is 25.1 Å². The normalized spacial score (nSPS) is 10.5. The summed E-state index contributed by atoms with van der Waals surface area (Å²) in [5.41, 5.74) is 0.509. The predicted octanol–water partition coefficient (Wildman–Crippen LogP) is 3.73. The maximum Gasteiger partial charge on any atom is 0.251 e. The highest BCUT2D eigenvalue weighted by Gasteiger charge is 2.07. The second-order valence-electron chi connectivity index (χ2n) is 3.98. The fraction of sp³-hybridized carbons (Fsp3) is 0.231. The summed E-state index contributed by atoms with van der Waals surface area (Å²) >= 11 is 13.3. The fourth-order valence-corrected chi connectivity index (χ4v) is 2.65. The van der Waals surface area contributed by atoms with Gasteiger partial charge >= 0.3 is 0 Å². The van der Waals surface area contributed by atoms with Crippen molar-refractivity contribution in [2.75, 3.05) is 6.54 Å². The molecular weight excluding hydrogens is 303 g/mol. The third kappa shape index (κ3) is 3.93. The molecule has 0 saturated carbocycles. The van der Waals surface area contributed by atoms with E-state index in [9.17, 15) is 4.79 Å². The predicted molar refractivity (Wildman–Crippen MR) is 79.4 cm³/mol. The Bertz CT molecular complexity index is 598. The zero-order chi connectivity index (χ0) is 13.8. The molecule has 1 N–H and O–H groups in total. The van der Waals surface area contributed by atoms with E-state index in [4.69, 9.17) is 23.2 Å². The van der Waals surface area contributed by atoms with Crippen LogP contribution in [0.3, 0.4) is 0 Å². The van der Waals surface area contributed by atoms with Gasteiger partial charge in [-0.3, -0.25) is 4.79 Å². The van der Waals surface area contributed by atoms with Crippen LogP contribution < -0.4 is 5.32 Å². The molecule has 0 bridgehead atoms. The van der Waals surface area contributed by atoms with E-state index in [-0.39, 0.29) is 5.91 Å². The summed E-state index contributed by atoms with van der Waals surface area (Å²) in [6.45, 7) is 2.53. The van der Waals surface area contributed by atoms with E-state index >= 15 is 0 Å². The van der Waals surface area contributed by atoms with Crippen LogP contribution in [0.4, 0.5) is 0 Å². The van der Waals surface area contributed by atoms with E-state index in [1.807, 2.05) is 13.1 Å². The number of hydrogen-bond acceptors (Lipinski definition) is 3. The number of halogens is 2. The van der Waals surface area contributed by atoms with Crippen LogP contribution in [0.2, 0.25) is 10.0 Å². The third-order valence-corrected chi connectivity index (χ3v) is 4.22. The number of aromatic nitrogens is 1. The summed E-state index contributed by atoms with van der Waals surface area (Å²) in [6, 6.07) is 4.84. The van der Waals surface area contributed by atoms with Gasteiger partial charge in [0.25, 0.3) is 5.91 Å². The fourth-order valence-electron chi connectivity index (χ4n) is 1.56.